The summed E-state index contributed by atoms with van der Waals surface area (Å²) in [6.07, 6.45) is 1.56. The lowest BCUT2D eigenvalue weighted by molar-refractivity contribution is 0.132. The van der Waals surface area contributed by atoms with Crippen LogP contribution in [-0.4, -0.2) is 6.21 Å². The standard InChI is InChI=1S/C14H9Cl4NO/c15-11-3-1-9(5-13(11)17)7-19-20-8-10-2-4-12(16)14(18)6-10/h1-7H,8H2/b19-7+. The molecule has 2 nitrogen and oxygen atoms in total. The molecule has 0 spiro atoms. The molecular formula is C14H9Cl4NO. The molecule has 0 bridgehead atoms. The van der Waals surface area contributed by atoms with Gasteiger partial charge in [-0.2, -0.15) is 0 Å². The van der Waals surface area contributed by atoms with Gasteiger partial charge in [-0.05, 0) is 35.4 Å². The monoisotopic (exact) mass is 347 g/mol. The molecule has 20 heavy (non-hydrogen) atoms. The zero-order valence-electron chi connectivity index (χ0n) is 10.1. The molecule has 0 aliphatic heterocycles. The minimum atomic E-state index is 0.300. The molecule has 2 rings (SSSR count). The first-order valence-electron chi connectivity index (χ1n) is 5.60. The van der Waals surface area contributed by atoms with E-state index in [1.54, 1.807) is 36.5 Å². The Morgan fingerprint density at radius 2 is 1.50 bits per heavy atom. The van der Waals surface area contributed by atoms with Crippen LogP contribution < -0.4 is 0 Å². The van der Waals surface area contributed by atoms with E-state index in [-0.39, 0.29) is 0 Å². The van der Waals surface area contributed by atoms with Crippen molar-refractivity contribution >= 4 is 52.6 Å². The molecule has 2 aromatic carbocycles. The van der Waals surface area contributed by atoms with E-state index in [2.05, 4.69) is 5.16 Å². The van der Waals surface area contributed by atoms with E-state index in [0.717, 1.165) is 11.1 Å². The number of benzene rings is 2. The highest BCUT2D eigenvalue weighted by atomic mass is 35.5. The number of halogens is 4. The van der Waals surface area contributed by atoms with Crippen LogP contribution in [0.4, 0.5) is 0 Å². The second kappa shape index (κ2) is 7.19. The van der Waals surface area contributed by atoms with Crippen LogP contribution in [0.15, 0.2) is 41.6 Å². The number of oxime groups is 1. The minimum Gasteiger partial charge on any atom is -0.391 e. The van der Waals surface area contributed by atoms with Gasteiger partial charge in [0.25, 0.3) is 0 Å². The van der Waals surface area contributed by atoms with Gasteiger partial charge in [0.2, 0.25) is 0 Å². The molecule has 0 aromatic heterocycles. The highest BCUT2D eigenvalue weighted by molar-refractivity contribution is 6.42. The summed E-state index contributed by atoms with van der Waals surface area (Å²) in [6.45, 7) is 0.300. The number of rotatable bonds is 4. The fourth-order valence-electron chi connectivity index (χ4n) is 1.43. The number of hydrogen-bond donors (Lipinski definition) is 0. The maximum Gasteiger partial charge on any atom is 0.142 e. The smallest absolute Gasteiger partial charge is 0.142 e. The summed E-state index contributed by atoms with van der Waals surface area (Å²) in [5, 5.41) is 5.83. The molecule has 0 N–H and O–H groups in total. The Kier molecular flexibility index (Phi) is 5.55. The molecule has 104 valence electrons. The van der Waals surface area contributed by atoms with E-state index in [0.29, 0.717) is 26.7 Å². The molecule has 0 unspecified atom stereocenters. The second-order valence-corrected chi connectivity index (χ2v) is 5.56. The van der Waals surface area contributed by atoms with Crippen molar-refractivity contribution in [1.29, 1.82) is 0 Å². The van der Waals surface area contributed by atoms with Gasteiger partial charge in [-0.25, -0.2) is 0 Å². The Morgan fingerprint density at radius 1 is 0.850 bits per heavy atom. The van der Waals surface area contributed by atoms with Crippen LogP contribution in [0.5, 0.6) is 0 Å². The Bertz CT molecular complexity index is 643. The van der Waals surface area contributed by atoms with Gasteiger partial charge in [-0.15, -0.1) is 0 Å². The summed E-state index contributed by atoms with van der Waals surface area (Å²) in [5.74, 6) is 0. The van der Waals surface area contributed by atoms with Gasteiger partial charge in [0.05, 0.1) is 26.3 Å². The van der Waals surface area contributed by atoms with Crippen LogP contribution in [0.2, 0.25) is 20.1 Å². The summed E-state index contributed by atoms with van der Waals surface area (Å²) in [6, 6.07) is 10.5. The van der Waals surface area contributed by atoms with E-state index in [9.17, 15) is 0 Å². The fourth-order valence-corrected chi connectivity index (χ4v) is 2.06. The van der Waals surface area contributed by atoms with Gasteiger partial charge in [-0.1, -0.05) is 63.7 Å². The van der Waals surface area contributed by atoms with Gasteiger partial charge in [0.15, 0.2) is 0 Å². The Labute approximate surface area is 136 Å². The average Bonchev–Trinajstić information content (AvgIpc) is 2.42. The lowest BCUT2D eigenvalue weighted by Gasteiger charge is -2.02. The largest absolute Gasteiger partial charge is 0.391 e. The summed E-state index contributed by atoms with van der Waals surface area (Å²) in [7, 11) is 0. The van der Waals surface area contributed by atoms with Crippen LogP contribution in [0.25, 0.3) is 0 Å². The first-order valence-corrected chi connectivity index (χ1v) is 7.12. The van der Waals surface area contributed by atoms with Crippen molar-refractivity contribution in [2.75, 3.05) is 0 Å². The van der Waals surface area contributed by atoms with Crippen LogP contribution in [0.1, 0.15) is 11.1 Å². The molecule has 0 heterocycles. The van der Waals surface area contributed by atoms with Crippen molar-refractivity contribution < 1.29 is 4.84 Å². The Balaban J connectivity index is 1.93. The number of hydrogen-bond acceptors (Lipinski definition) is 2. The predicted octanol–water partition coefficient (Wildman–Crippen LogP) is 5.85. The Morgan fingerprint density at radius 3 is 2.15 bits per heavy atom. The molecule has 0 saturated heterocycles. The predicted molar refractivity (Wildman–Crippen MR) is 85.3 cm³/mol. The third-order valence-corrected chi connectivity index (χ3v) is 3.91. The lowest BCUT2D eigenvalue weighted by Crippen LogP contribution is -1.89. The molecule has 0 saturated carbocycles. The first-order chi connectivity index (χ1) is 9.56. The third-order valence-electron chi connectivity index (χ3n) is 2.44. The SMILES string of the molecule is Clc1ccc(/C=N/OCc2ccc(Cl)c(Cl)c2)cc1Cl. The van der Waals surface area contributed by atoms with Gasteiger partial charge in [0.1, 0.15) is 6.61 Å². The van der Waals surface area contributed by atoms with Crippen molar-refractivity contribution in [3.63, 3.8) is 0 Å². The molecule has 0 radical (unpaired) electrons. The summed E-state index contributed by atoms with van der Waals surface area (Å²) in [5.41, 5.74) is 1.68. The molecule has 0 aliphatic rings. The maximum absolute atomic E-state index is 5.90. The van der Waals surface area contributed by atoms with Crippen molar-refractivity contribution in [2.45, 2.75) is 6.61 Å². The zero-order chi connectivity index (χ0) is 14.5. The van der Waals surface area contributed by atoms with E-state index < -0.39 is 0 Å². The molecule has 0 fully saturated rings. The molecule has 0 amide bonds. The number of nitrogens with zero attached hydrogens (tertiary/aromatic N) is 1. The van der Waals surface area contributed by atoms with Crippen LogP contribution in [0.3, 0.4) is 0 Å². The summed E-state index contributed by atoms with van der Waals surface area (Å²) < 4.78 is 0. The van der Waals surface area contributed by atoms with Crippen LogP contribution in [0, 0.1) is 0 Å². The van der Waals surface area contributed by atoms with E-state index in [4.69, 9.17) is 51.2 Å². The van der Waals surface area contributed by atoms with E-state index in [1.165, 1.54) is 0 Å². The minimum absolute atomic E-state index is 0.300. The zero-order valence-corrected chi connectivity index (χ0v) is 13.1. The fraction of sp³-hybridized carbons (Fsp3) is 0.0714. The van der Waals surface area contributed by atoms with Crippen molar-refractivity contribution in [1.82, 2.24) is 0 Å². The maximum atomic E-state index is 5.90. The normalized spacial score (nSPS) is 11.0. The average molecular weight is 349 g/mol. The van der Waals surface area contributed by atoms with Crippen LogP contribution in [-0.2, 0) is 11.4 Å². The Hall–Kier alpha value is -0.930. The van der Waals surface area contributed by atoms with Gasteiger partial charge in [-0.3, -0.25) is 0 Å². The third kappa shape index (κ3) is 4.29. The molecule has 2 aromatic rings. The van der Waals surface area contributed by atoms with Crippen molar-refractivity contribution in [3.05, 3.63) is 67.6 Å². The van der Waals surface area contributed by atoms with Gasteiger partial charge in [0, 0.05) is 0 Å². The van der Waals surface area contributed by atoms with Crippen molar-refractivity contribution in [2.24, 2.45) is 5.16 Å². The topological polar surface area (TPSA) is 21.6 Å². The molecule has 0 atom stereocenters. The van der Waals surface area contributed by atoms with E-state index >= 15 is 0 Å². The highest BCUT2D eigenvalue weighted by Crippen LogP contribution is 2.23. The molecule has 6 heteroatoms. The molecular weight excluding hydrogens is 340 g/mol. The first kappa shape index (κ1) is 15.5. The van der Waals surface area contributed by atoms with E-state index in [1.807, 2.05) is 6.07 Å². The second-order valence-electron chi connectivity index (χ2n) is 3.93. The quantitative estimate of drug-likeness (QED) is 0.501. The summed E-state index contributed by atoms with van der Waals surface area (Å²) in [4.78, 5) is 5.18. The summed E-state index contributed by atoms with van der Waals surface area (Å²) >= 11 is 23.4. The van der Waals surface area contributed by atoms with Gasteiger partial charge < -0.3 is 4.84 Å². The van der Waals surface area contributed by atoms with Gasteiger partial charge >= 0.3 is 0 Å². The lowest BCUT2D eigenvalue weighted by atomic mass is 10.2. The highest BCUT2D eigenvalue weighted by Gasteiger charge is 2.00. The molecule has 0 aliphatic carbocycles. The van der Waals surface area contributed by atoms with Crippen molar-refractivity contribution in [3.8, 4) is 0 Å². The van der Waals surface area contributed by atoms with Crippen LogP contribution >= 0.6 is 46.4 Å².